The van der Waals surface area contributed by atoms with Crippen molar-refractivity contribution >= 4 is 11.8 Å². The molecule has 0 aliphatic carbocycles. The first-order valence-electron chi connectivity index (χ1n) is 8.37. The molecule has 1 N–H and O–H groups in total. The van der Waals surface area contributed by atoms with Crippen molar-refractivity contribution < 1.29 is 9.59 Å². The van der Waals surface area contributed by atoms with Gasteiger partial charge in [0.25, 0.3) is 0 Å². The first-order valence-corrected chi connectivity index (χ1v) is 8.37. The highest BCUT2D eigenvalue weighted by molar-refractivity contribution is 5.92. The zero-order chi connectivity index (χ0) is 15.7. The van der Waals surface area contributed by atoms with Gasteiger partial charge in [0.15, 0.2) is 0 Å². The van der Waals surface area contributed by atoms with Crippen LogP contribution in [0.4, 0.5) is 0 Å². The minimum atomic E-state index is 0.0921. The molecule has 1 heterocycles. The first-order chi connectivity index (χ1) is 10.1. The Bertz CT molecular complexity index is 333. The molecule has 2 amide bonds. The smallest absolute Gasteiger partial charge is 0.242 e. The van der Waals surface area contributed by atoms with Crippen molar-refractivity contribution in [2.24, 2.45) is 0 Å². The van der Waals surface area contributed by atoms with E-state index in [0.717, 1.165) is 38.6 Å². The van der Waals surface area contributed by atoms with E-state index in [1.807, 2.05) is 6.92 Å². The van der Waals surface area contributed by atoms with Gasteiger partial charge in [0, 0.05) is 19.1 Å². The Morgan fingerprint density at radius 2 is 1.62 bits per heavy atom. The van der Waals surface area contributed by atoms with Crippen molar-refractivity contribution in [1.29, 1.82) is 0 Å². The van der Waals surface area contributed by atoms with Crippen LogP contribution in [-0.2, 0) is 9.59 Å². The quantitative estimate of drug-likeness (QED) is 0.624. The summed E-state index contributed by atoms with van der Waals surface area (Å²) in [6, 6.07) is 0.531. The molecule has 1 aliphatic rings. The van der Waals surface area contributed by atoms with Crippen LogP contribution in [0.25, 0.3) is 0 Å². The number of hydrogen-bond acceptors (Lipinski definition) is 3. The average molecular weight is 297 g/mol. The Morgan fingerprint density at radius 3 is 2.19 bits per heavy atom. The average Bonchev–Trinajstić information content (AvgIpc) is 2.46. The number of rotatable bonds is 10. The van der Waals surface area contributed by atoms with Crippen LogP contribution in [0.3, 0.4) is 0 Å². The topological polar surface area (TPSA) is 52.7 Å². The van der Waals surface area contributed by atoms with Crippen molar-refractivity contribution in [3.05, 3.63) is 0 Å². The molecule has 1 fully saturated rings. The lowest BCUT2D eigenvalue weighted by Gasteiger charge is -2.33. The van der Waals surface area contributed by atoms with Crippen molar-refractivity contribution in [3.63, 3.8) is 0 Å². The third-order valence-corrected chi connectivity index (χ3v) is 3.91. The Balaban J connectivity index is 2.21. The molecule has 122 valence electrons. The van der Waals surface area contributed by atoms with Crippen LogP contribution in [0.2, 0.25) is 0 Å². The number of carbonyl (C=O) groups excluding carboxylic acids is 2. The molecule has 0 radical (unpaired) electrons. The number of hydrogen-bond donors (Lipinski definition) is 1. The number of unbranched alkanes of at least 4 members (excludes halogenated alkanes) is 1. The fraction of sp³-hybridized carbons (Fsp3) is 0.875. The molecular formula is C16H31N3O2. The zero-order valence-electron chi connectivity index (χ0n) is 13.9. The Morgan fingerprint density at radius 1 is 1.00 bits per heavy atom. The number of piperazine rings is 1. The molecule has 5 heteroatoms. The van der Waals surface area contributed by atoms with E-state index >= 15 is 0 Å². The molecule has 21 heavy (non-hydrogen) atoms. The lowest BCUT2D eigenvalue weighted by molar-refractivity contribution is -0.150. The molecule has 1 aliphatic heterocycles. The van der Waals surface area contributed by atoms with Gasteiger partial charge in [-0.2, -0.15) is 0 Å². The molecule has 0 aromatic heterocycles. The predicted octanol–water partition coefficient (Wildman–Crippen LogP) is 1.63. The number of nitrogens with zero attached hydrogens (tertiary/aromatic N) is 2. The maximum Gasteiger partial charge on any atom is 0.242 e. The van der Waals surface area contributed by atoms with Crippen LogP contribution >= 0.6 is 0 Å². The summed E-state index contributed by atoms with van der Waals surface area (Å²) in [6.45, 7) is 9.40. The van der Waals surface area contributed by atoms with Gasteiger partial charge in [-0.15, -0.1) is 0 Å². The monoisotopic (exact) mass is 297 g/mol. The molecule has 0 saturated carbocycles. The molecule has 1 unspecified atom stereocenters. The van der Waals surface area contributed by atoms with E-state index < -0.39 is 0 Å². The third kappa shape index (κ3) is 6.46. The summed E-state index contributed by atoms with van der Waals surface area (Å²) < 4.78 is 0. The molecule has 5 nitrogen and oxygen atoms in total. The van der Waals surface area contributed by atoms with E-state index in [4.69, 9.17) is 0 Å². The van der Waals surface area contributed by atoms with Gasteiger partial charge in [-0.3, -0.25) is 9.59 Å². The highest BCUT2D eigenvalue weighted by atomic mass is 16.2. The molecule has 0 bridgehead atoms. The summed E-state index contributed by atoms with van der Waals surface area (Å²) >= 11 is 0. The standard InChI is InChI=1S/C16H31N3O2/c1-4-9-17-14(3)8-6-7-11-19-13-15(20)18(10-5-2)12-16(19)21/h14,17H,4-13H2,1-3H3. The highest BCUT2D eigenvalue weighted by Gasteiger charge is 2.28. The summed E-state index contributed by atoms with van der Waals surface area (Å²) in [7, 11) is 0. The van der Waals surface area contributed by atoms with Gasteiger partial charge < -0.3 is 15.1 Å². The highest BCUT2D eigenvalue weighted by Crippen LogP contribution is 2.08. The summed E-state index contributed by atoms with van der Waals surface area (Å²) in [5, 5.41) is 3.47. The van der Waals surface area contributed by atoms with Crippen LogP contribution < -0.4 is 5.32 Å². The predicted molar refractivity (Wildman–Crippen MR) is 85.1 cm³/mol. The maximum atomic E-state index is 12.0. The minimum Gasteiger partial charge on any atom is -0.332 e. The second kappa shape index (κ2) is 9.77. The van der Waals surface area contributed by atoms with Gasteiger partial charge in [-0.05, 0) is 39.2 Å². The summed E-state index contributed by atoms with van der Waals surface area (Å²) in [5.74, 6) is 0.189. The van der Waals surface area contributed by atoms with E-state index in [1.165, 1.54) is 0 Å². The fourth-order valence-electron chi connectivity index (χ4n) is 2.63. The fourth-order valence-corrected chi connectivity index (χ4v) is 2.63. The number of carbonyl (C=O) groups is 2. The normalized spacial score (nSPS) is 17.5. The van der Waals surface area contributed by atoms with E-state index in [1.54, 1.807) is 9.80 Å². The minimum absolute atomic E-state index is 0.0921. The van der Waals surface area contributed by atoms with Gasteiger partial charge in [0.05, 0.1) is 13.1 Å². The summed E-state index contributed by atoms with van der Waals surface area (Å²) in [4.78, 5) is 27.3. The summed E-state index contributed by atoms with van der Waals surface area (Å²) in [5.41, 5.74) is 0. The van der Waals surface area contributed by atoms with Crippen LogP contribution in [0.5, 0.6) is 0 Å². The second-order valence-corrected chi connectivity index (χ2v) is 5.98. The molecule has 1 atom stereocenters. The molecule has 0 aromatic carbocycles. The molecular weight excluding hydrogens is 266 g/mol. The van der Waals surface area contributed by atoms with E-state index in [2.05, 4.69) is 19.2 Å². The SMILES string of the molecule is CCCNC(C)CCCCN1CC(=O)N(CCC)CC1=O. The molecule has 0 spiro atoms. The van der Waals surface area contributed by atoms with Crippen molar-refractivity contribution in [1.82, 2.24) is 15.1 Å². The van der Waals surface area contributed by atoms with Gasteiger partial charge in [0.2, 0.25) is 11.8 Å². The van der Waals surface area contributed by atoms with Gasteiger partial charge in [-0.25, -0.2) is 0 Å². The summed E-state index contributed by atoms with van der Waals surface area (Å²) in [6.07, 6.45) is 5.25. The van der Waals surface area contributed by atoms with Gasteiger partial charge >= 0.3 is 0 Å². The Hall–Kier alpha value is -1.10. The number of nitrogens with one attached hydrogen (secondary N) is 1. The van der Waals surface area contributed by atoms with Gasteiger partial charge in [0.1, 0.15) is 0 Å². The maximum absolute atomic E-state index is 12.0. The van der Waals surface area contributed by atoms with Crippen molar-refractivity contribution in [3.8, 4) is 0 Å². The van der Waals surface area contributed by atoms with Crippen LogP contribution in [0, 0.1) is 0 Å². The van der Waals surface area contributed by atoms with E-state index in [9.17, 15) is 9.59 Å². The van der Waals surface area contributed by atoms with Crippen LogP contribution in [0.15, 0.2) is 0 Å². The lowest BCUT2D eigenvalue weighted by atomic mass is 10.1. The zero-order valence-corrected chi connectivity index (χ0v) is 13.9. The molecule has 1 rings (SSSR count). The lowest BCUT2D eigenvalue weighted by Crippen LogP contribution is -2.54. The van der Waals surface area contributed by atoms with Crippen molar-refractivity contribution in [2.75, 3.05) is 32.7 Å². The van der Waals surface area contributed by atoms with Gasteiger partial charge in [-0.1, -0.05) is 20.3 Å². The number of amides is 2. The van der Waals surface area contributed by atoms with Crippen molar-refractivity contribution in [2.45, 2.75) is 58.9 Å². The van der Waals surface area contributed by atoms with Crippen LogP contribution in [0.1, 0.15) is 52.9 Å². The Kier molecular flexibility index (Phi) is 8.35. The van der Waals surface area contributed by atoms with E-state index in [0.29, 0.717) is 19.1 Å². The van der Waals surface area contributed by atoms with E-state index in [-0.39, 0.29) is 24.9 Å². The molecule has 0 aromatic rings. The molecule has 1 saturated heterocycles. The second-order valence-electron chi connectivity index (χ2n) is 5.98. The Labute approximate surface area is 129 Å². The third-order valence-electron chi connectivity index (χ3n) is 3.91. The first kappa shape index (κ1) is 18.0. The largest absolute Gasteiger partial charge is 0.332 e. The van der Waals surface area contributed by atoms with Crippen LogP contribution in [-0.4, -0.2) is 60.4 Å².